The summed E-state index contributed by atoms with van der Waals surface area (Å²) in [6, 6.07) is 3.71. The Kier molecular flexibility index (Phi) is 6.58. The van der Waals surface area contributed by atoms with E-state index < -0.39 is 11.6 Å². The first-order valence-corrected chi connectivity index (χ1v) is 6.95. The molecule has 20 heavy (non-hydrogen) atoms. The molecular weight excluding hydrogens is 262 g/mol. The molecule has 1 amide bonds. The zero-order valence-corrected chi connectivity index (χ0v) is 12.2. The summed E-state index contributed by atoms with van der Waals surface area (Å²) in [5, 5.41) is 3.14. The molecule has 112 valence electrons. The minimum absolute atomic E-state index is 0.0972. The molecule has 0 saturated carbocycles. The molecule has 0 aromatic heterocycles. The highest BCUT2D eigenvalue weighted by atomic mass is 19.2. The number of nitrogens with zero attached hydrogens (tertiary/aromatic N) is 1. The van der Waals surface area contributed by atoms with Crippen molar-refractivity contribution in [2.24, 2.45) is 0 Å². The van der Waals surface area contributed by atoms with Gasteiger partial charge in [-0.05, 0) is 38.5 Å². The summed E-state index contributed by atoms with van der Waals surface area (Å²) in [5.74, 6) is -1.60. The van der Waals surface area contributed by atoms with Gasteiger partial charge >= 0.3 is 0 Å². The summed E-state index contributed by atoms with van der Waals surface area (Å²) >= 11 is 0. The normalized spacial score (nSPS) is 12.2. The summed E-state index contributed by atoms with van der Waals surface area (Å²) in [6.07, 6.45) is 0.399. The molecule has 0 aliphatic heterocycles. The number of carbonyl (C=O) groups is 1. The number of halogens is 2. The van der Waals surface area contributed by atoms with Crippen LogP contribution in [-0.2, 0) is 4.79 Å². The van der Waals surface area contributed by atoms with Crippen LogP contribution in [0.25, 0.3) is 0 Å². The van der Waals surface area contributed by atoms with E-state index in [1.165, 1.54) is 6.07 Å². The van der Waals surface area contributed by atoms with Crippen molar-refractivity contribution in [2.45, 2.75) is 33.2 Å². The molecule has 1 N–H and O–H groups in total. The third kappa shape index (κ3) is 4.56. The van der Waals surface area contributed by atoms with Gasteiger partial charge in [-0.3, -0.25) is 4.79 Å². The van der Waals surface area contributed by atoms with Gasteiger partial charge in [-0.2, -0.15) is 0 Å². The molecule has 0 fully saturated rings. The van der Waals surface area contributed by atoms with Crippen LogP contribution in [-0.4, -0.2) is 30.4 Å². The van der Waals surface area contributed by atoms with Crippen LogP contribution in [0.3, 0.4) is 0 Å². The van der Waals surface area contributed by atoms with E-state index in [0.29, 0.717) is 31.6 Å². The summed E-state index contributed by atoms with van der Waals surface area (Å²) in [6.45, 7) is 7.66. The van der Waals surface area contributed by atoms with Gasteiger partial charge in [0.25, 0.3) is 0 Å². The average molecular weight is 284 g/mol. The van der Waals surface area contributed by atoms with E-state index in [2.05, 4.69) is 5.32 Å². The minimum atomic E-state index is -0.852. The summed E-state index contributed by atoms with van der Waals surface area (Å²) < 4.78 is 26.0. The van der Waals surface area contributed by atoms with Crippen molar-refractivity contribution in [1.82, 2.24) is 10.2 Å². The van der Waals surface area contributed by atoms with Crippen molar-refractivity contribution < 1.29 is 13.6 Å². The molecule has 0 saturated heterocycles. The van der Waals surface area contributed by atoms with Crippen molar-refractivity contribution in [3.05, 3.63) is 35.4 Å². The van der Waals surface area contributed by atoms with E-state index in [1.807, 2.05) is 20.8 Å². The van der Waals surface area contributed by atoms with E-state index in [4.69, 9.17) is 0 Å². The fraction of sp³-hybridized carbons (Fsp3) is 0.533. The zero-order valence-electron chi connectivity index (χ0n) is 12.2. The van der Waals surface area contributed by atoms with Gasteiger partial charge in [-0.15, -0.1) is 0 Å². The largest absolute Gasteiger partial charge is 0.343 e. The molecule has 0 radical (unpaired) electrons. The standard InChI is InChI=1S/C15H22F2N2O/c1-4-19(5-2)15(20)8-9-18-11(3)12-6-7-13(16)14(17)10-12/h6-7,10-11,18H,4-5,8-9H2,1-3H3. The summed E-state index contributed by atoms with van der Waals surface area (Å²) in [7, 11) is 0. The summed E-state index contributed by atoms with van der Waals surface area (Å²) in [5.41, 5.74) is 0.666. The number of benzene rings is 1. The minimum Gasteiger partial charge on any atom is -0.343 e. The topological polar surface area (TPSA) is 32.3 Å². The molecule has 0 spiro atoms. The van der Waals surface area contributed by atoms with Gasteiger partial charge in [0.2, 0.25) is 5.91 Å². The van der Waals surface area contributed by atoms with Crippen LogP contribution in [0.5, 0.6) is 0 Å². The SMILES string of the molecule is CCN(CC)C(=O)CCNC(C)c1ccc(F)c(F)c1. The maximum atomic E-state index is 13.1. The molecule has 1 unspecified atom stereocenters. The first kappa shape index (κ1) is 16.6. The molecular formula is C15H22F2N2O. The number of nitrogens with one attached hydrogen (secondary N) is 1. The lowest BCUT2D eigenvalue weighted by Crippen LogP contribution is -2.33. The Morgan fingerprint density at radius 2 is 1.90 bits per heavy atom. The van der Waals surface area contributed by atoms with E-state index in [0.717, 1.165) is 6.07 Å². The van der Waals surface area contributed by atoms with Crippen LogP contribution in [0.15, 0.2) is 18.2 Å². The monoisotopic (exact) mass is 284 g/mol. The van der Waals surface area contributed by atoms with Crippen LogP contribution >= 0.6 is 0 Å². The molecule has 1 atom stereocenters. The van der Waals surface area contributed by atoms with E-state index in [1.54, 1.807) is 11.0 Å². The van der Waals surface area contributed by atoms with Crippen LogP contribution in [0.1, 0.15) is 38.8 Å². The summed E-state index contributed by atoms with van der Waals surface area (Å²) in [4.78, 5) is 13.6. The van der Waals surface area contributed by atoms with Gasteiger partial charge < -0.3 is 10.2 Å². The Labute approximate surface area is 119 Å². The number of carbonyl (C=O) groups excluding carboxylic acids is 1. The molecule has 0 heterocycles. The van der Waals surface area contributed by atoms with Crippen LogP contribution in [0.2, 0.25) is 0 Å². The number of amides is 1. The predicted octanol–water partition coefficient (Wildman–Crippen LogP) is 2.87. The van der Waals surface area contributed by atoms with Crippen molar-refractivity contribution in [2.75, 3.05) is 19.6 Å². The lowest BCUT2D eigenvalue weighted by molar-refractivity contribution is -0.130. The Balaban J connectivity index is 2.45. The second-order valence-electron chi connectivity index (χ2n) is 4.67. The molecule has 0 bridgehead atoms. The lowest BCUT2D eigenvalue weighted by Gasteiger charge is -2.20. The van der Waals surface area contributed by atoms with Gasteiger partial charge in [0.05, 0.1) is 0 Å². The Bertz CT molecular complexity index is 447. The van der Waals surface area contributed by atoms with Gasteiger partial charge in [0, 0.05) is 32.1 Å². The highest BCUT2D eigenvalue weighted by molar-refractivity contribution is 5.76. The Morgan fingerprint density at radius 1 is 1.25 bits per heavy atom. The van der Waals surface area contributed by atoms with Crippen molar-refractivity contribution >= 4 is 5.91 Å². The maximum absolute atomic E-state index is 13.1. The van der Waals surface area contributed by atoms with Crippen molar-refractivity contribution in [3.8, 4) is 0 Å². The second-order valence-corrected chi connectivity index (χ2v) is 4.67. The van der Waals surface area contributed by atoms with Crippen molar-refractivity contribution in [1.29, 1.82) is 0 Å². The van der Waals surface area contributed by atoms with Gasteiger partial charge in [-0.1, -0.05) is 6.07 Å². The Hall–Kier alpha value is -1.49. The highest BCUT2D eigenvalue weighted by Crippen LogP contribution is 2.15. The lowest BCUT2D eigenvalue weighted by atomic mass is 10.1. The number of hydrogen-bond donors (Lipinski definition) is 1. The fourth-order valence-electron chi connectivity index (χ4n) is 2.03. The van der Waals surface area contributed by atoms with Crippen LogP contribution in [0, 0.1) is 11.6 Å². The average Bonchev–Trinajstić information content (AvgIpc) is 2.43. The van der Waals surface area contributed by atoms with Gasteiger partial charge in [-0.25, -0.2) is 8.78 Å². The molecule has 1 aromatic rings. The molecule has 0 aliphatic carbocycles. The molecule has 1 aromatic carbocycles. The van der Waals surface area contributed by atoms with Crippen LogP contribution < -0.4 is 5.32 Å². The second kappa shape index (κ2) is 7.94. The van der Waals surface area contributed by atoms with Gasteiger partial charge in [0.1, 0.15) is 0 Å². The molecule has 5 heteroatoms. The smallest absolute Gasteiger partial charge is 0.223 e. The molecule has 3 nitrogen and oxygen atoms in total. The van der Waals surface area contributed by atoms with E-state index in [-0.39, 0.29) is 11.9 Å². The third-order valence-corrected chi connectivity index (χ3v) is 3.35. The number of rotatable bonds is 7. The van der Waals surface area contributed by atoms with Crippen molar-refractivity contribution in [3.63, 3.8) is 0 Å². The van der Waals surface area contributed by atoms with Crippen LogP contribution in [0.4, 0.5) is 8.78 Å². The molecule has 1 rings (SSSR count). The fourth-order valence-corrected chi connectivity index (χ4v) is 2.03. The predicted molar refractivity (Wildman–Crippen MR) is 75.3 cm³/mol. The van der Waals surface area contributed by atoms with E-state index >= 15 is 0 Å². The number of hydrogen-bond acceptors (Lipinski definition) is 2. The quantitative estimate of drug-likeness (QED) is 0.835. The first-order valence-electron chi connectivity index (χ1n) is 6.95. The zero-order chi connectivity index (χ0) is 15.1. The third-order valence-electron chi connectivity index (χ3n) is 3.35. The van der Waals surface area contributed by atoms with Gasteiger partial charge in [0.15, 0.2) is 11.6 Å². The Morgan fingerprint density at radius 3 is 2.45 bits per heavy atom. The first-order chi connectivity index (χ1) is 9.49. The highest BCUT2D eigenvalue weighted by Gasteiger charge is 2.11. The van der Waals surface area contributed by atoms with E-state index in [9.17, 15) is 13.6 Å². The maximum Gasteiger partial charge on any atom is 0.223 e. The molecule has 0 aliphatic rings.